The molecule has 0 heterocycles. The topological polar surface area (TPSA) is 266 Å². The fourth-order valence-electron chi connectivity index (χ4n) is 3.40. The van der Waals surface area contributed by atoms with Crippen molar-refractivity contribution >= 4 is 41.4 Å². The smallest absolute Gasteiger partial charge is 0.326 e. The number of carbonyl (C=O) groups excluding carboxylic acids is 6. The molecule has 0 fully saturated rings. The highest BCUT2D eigenvalue weighted by Crippen LogP contribution is 2.13. The zero-order chi connectivity index (χ0) is 30.4. The lowest BCUT2D eigenvalue weighted by atomic mass is 9.94. The molecule has 0 radical (unpaired) electrons. The molecule has 0 aromatic heterocycles. The maximum atomic E-state index is 13.2. The molecule has 0 aliphatic carbocycles. The van der Waals surface area contributed by atoms with E-state index in [1.807, 2.05) is 6.92 Å². The summed E-state index contributed by atoms with van der Waals surface area (Å²) in [6.07, 6.45) is 0.226. The van der Waals surface area contributed by atoms with E-state index < -0.39 is 84.0 Å². The van der Waals surface area contributed by atoms with Crippen LogP contribution in [0.2, 0.25) is 0 Å². The summed E-state index contributed by atoms with van der Waals surface area (Å²) >= 11 is 0. The van der Waals surface area contributed by atoms with Crippen LogP contribution in [-0.2, 0) is 33.6 Å². The lowest BCUT2D eigenvalue weighted by Gasteiger charge is -2.30. The van der Waals surface area contributed by atoms with E-state index in [4.69, 9.17) is 17.2 Å². The second kappa shape index (κ2) is 17.0. The summed E-state index contributed by atoms with van der Waals surface area (Å²) in [6.45, 7) is 8.35. The zero-order valence-corrected chi connectivity index (χ0v) is 23.1. The van der Waals surface area contributed by atoms with Gasteiger partial charge in [-0.05, 0) is 25.2 Å². The van der Waals surface area contributed by atoms with Gasteiger partial charge in [-0.3, -0.25) is 28.8 Å². The molecule has 0 rings (SSSR count). The molecule has 39 heavy (non-hydrogen) atoms. The minimum atomic E-state index is -1.58. The van der Waals surface area contributed by atoms with Gasteiger partial charge in [-0.15, -0.1) is 0 Å². The summed E-state index contributed by atoms with van der Waals surface area (Å²) in [5.74, 6) is -6.66. The number of rotatable bonds is 18. The third-order valence-electron chi connectivity index (χ3n) is 6.40. The number of nitrogens with two attached hydrogens (primary N) is 3. The third kappa shape index (κ3) is 12.6. The van der Waals surface area contributed by atoms with E-state index >= 15 is 0 Å². The molecule has 0 aliphatic heterocycles. The van der Waals surface area contributed by atoms with Gasteiger partial charge in [-0.2, -0.15) is 0 Å². The molecule has 7 atom stereocenters. The van der Waals surface area contributed by atoms with Crippen molar-refractivity contribution in [1.82, 2.24) is 21.3 Å². The van der Waals surface area contributed by atoms with Gasteiger partial charge in [-0.1, -0.05) is 40.5 Å². The predicted octanol–water partition coefficient (Wildman–Crippen LogP) is -2.41. The van der Waals surface area contributed by atoms with Crippen LogP contribution in [0.25, 0.3) is 0 Å². The summed E-state index contributed by atoms with van der Waals surface area (Å²) in [5, 5.41) is 19.0. The standard InChI is InChI=1S/C24H43N7O8/c1-6-11(3)18(22(36)28-13(5)20(34)29-15(24(38)39)10-17(27)33)31-23(37)19(12(4)7-2)30-21(35)14(25)8-9-16(26)32/h11-15,18-19H,6-10,25H2,1-5H3,(H2,26,32)(H2,27,33)(H,28,36)(H,29,34)(H,30,35)(H,31,37)(H,38,39)/t11-,12-,13-,14-,15-,18-,19-/m0/s1. The number of carbonyl (C=O) groups is 7. The van der Waals surface area contributed by atoms with Gasteiger partial charge >= 0.3 is 5.97 Å². The van der Waals surface area contributed by atoms with Crippen molar-refractivity contribution in [3.05, 3.63) is 0 Å². The Morgan fingerprint density at radius 2 is 1.15 bits per heavy atom. The predicted molar refractivity (Wildman–Crippen MR) is 140 cm³/mol. The van der Waals surface area contributed by atoms with Crippen molar-refractivity contribution in [2.75, 3.05) is 0 Å². The SMILES string of the molecule is CC[C@H](C)[C@H](NC(=O)[C@@H](NC(=O)[C@@H](N)CCC(N)=O)[C@@H](C)CC)C(=O)N[C@@H](C)C(=O)N[C@@H](CC(N)=O)C(=O)O. The van der Waals surface area contributed by atoms with Gasteiger partial charge in [0.05, 0.1) is 12.5 Å². The summed E-state index contributed by atoms with van der Waals surface area (Å²) in [7, 11) is 0. The Hall–Kier alpha value is -3.75. The van der Waals surface area contributed by atoms with Crippen molar-refractivity contribution < 1.29 is 38.7 Å². The first-order chi connectivity index (χ1) is 18.0. The molecule has 222 valence electrons. The Morgan fingerprint density at radius 1 is 0.692 bits per heavy atom. The zero-order valence-electron chi connectivity index (χ0n) is 23.1. The Labute approximate surface area is 227 Å². The fraction of sp³-hybridized carbons (Fsp3) is 0.708. The highest BCUT2D eigenvalue weighted by atomic mass is 16.4. The summed E-state index contributed by atoms with van der Waals surface area (Å²) in [6, 6.07) is -6.02. The first-order valence-corrected chi connectivity index (χ1v) is 12.8. The molecule has 15 heteroatoms. The average Bonchev–Trinajstić information content (AvgIpc) is 2.86. The Morgan fingerprint density at radius 3 is 1.56 bits per heavy atom. The van der Waals surface area contributed by atoms with E-state index in [0.717, 1.165) is 0 Å². The third-order valence-corrected chi connectivity index (χ3v) is 6.40. The summed E-state index contributed by atoms with van der Waals surface area (Å²) in [4.78, 5) is 84.7. The second-order valence-corrected chi connectivity index (χ2v) is 9.66. The first kappa shape index (κ1) is 35.2. The van der Waals surface area contributed by atoms with Crippen LogP contribution in [0.3, 0.4) is 0 Å². The van der Waals surface area contributed by atoms with Crippen molar-refractivity contribution in [2.24, 2.45) is 29.0 Å². The van der Waals surface area contributed by atoms with Crippen molar-refractivity contribution in [3.8, 4) is 0 Å². The molecule has 11 N–H and O–H groups in total. The summed E-state index contributed by atoms with van der Waals surface area (Å²) < 4.78 is 0. The second-order valence-electron chi connectivity index (χ2n) is 9.66. The molecule has 0 saturated heterocycles. The highest BCUT2D eigenvalue weighted by Gasteiger charge is 2.34. The van der Waals surface area contributed by atoms with E-state index in [1.165, 1.54) is 6.92 Å². The van der Waals surface area contributed by atoms with E-state index in [1.54, 1.807) is 20.8 Å². The molecule has 0 spiro atoms. The average molecular weight is 558 g/mol. The molecule has 15 nitrogen and oxygen atoms in total. The first-order valence-electron chi connectivity index (χ1n) is 12.8. The van der Waals surface area contributed by atoms with Gasteiger partial charge in [0.1, 0.15) is 24.2 Å². The highest BCUT2D eigenvalue weighted by molar-refractivity contribution is 5.96. The molecule has 0 unspecified atom stereocenters. The van der Waals surface area contributed by atoms with Crippen LogP contribution in [0.4, 0.5) is 0 Å². The Bertz CT molecular complexity index is 913. The van der Waals surface area contributed by atoms with Crippen molar-refractivity contribution in [1.29, 1.82) is 0 Å². The normalized spacial score (nSPS) is 16.3. The van der Waals surface area contributed by atoms with E-state index in [-0.39, 0.29) is 18.8 Å². The molecule has 0 saturated carbocycles. The van der Waals surface area contributed by atoms with Crippen LogP contribution in [0.15, 0.2) is 0 Å². The van der Waals surface area contributed by atoms with Gasteiger partial charge in [0.25, 0.3) is 0 Å². The fourth-order valence-corrected chi connectivity index (χ4v) is 3.40. The number of hydrogen-bond donors (Lipinski definition) is 8. The minimum Gasteiger partial charge on any atom is -0.480 e. The lowest BCUT2D eigenvalue weighted by Crippen LogP contribution is -2.60. The molecule has 6 amide bonds. The van der Waals surface area contributed by atoms with Crippen LogP contribution in [0.1, 0.15) is 66.7 Å². The quantitative estimate of drug-likeness (QED) is 0.0890. The Balaban J connectivity index is 5.58. The van der Waals surface area contributed by atoms with Crippen LogP contribution in [0, 0.1) is 11.8 Å². The number of hydrogen-bond acceptors (Lipinski definition) is 8. The Kier molecular flexibility index (Phi) is 15.3. The maximum Gasteiger partial charge on any atom is 0.326 e. The number of carboxylic acid groups (broad SMARTS) is 1. The van der Waals surface area contributed by atoms with Crippen LogP contribution in [-0.4, -0.2) is 76.7 Å². The van der Waals surface area contributed by atoms with E-state index in [2.05, 4.69) is 21.3 Å². The molecule has 0 aromatic rings. The number of nitrogens with one attached hydrogen (secondary N) is 4. The minimum absolute atomic E-state index is 0.00393. The molecular weight excluding hydrogens is 514 g/mol. The van der Waals surface area contributed by atoms with Crippen LogP contribution >= 0.6 is 0 Å². The lowest BCUT2D eigenvalue weighted by molar-refractivity contribution is -0.143. The molecular formula is C24H43N7O8. The van der Waals surface area contributed by atoms with Gasteiger partial charge in [0.15, 0.2) is 0 Å². The van der Waals surface area contributed by atoms with E-state index in [9.17, 15) is 38.7 Å². The van der Waals surface area contributed by atoms with Crippen LogP contribution in [0.5, 0.6) is 0 Å². The molecule has 0 bridgehead atoms. The van der Waals surface area contributed by atoms with Gasteiger partial charge in [0.2, 0.25) is 35.4 Å². The van der Waals surface area contributed by atoms with Crippen LogP contribution < -0.4 is 38.5 Å². The van der Waals surface area contributed by atoms with Crippen molar-refractivity contribution in [2.45, 2.75) is 96.9 Å². The number of primary amides is 2. The summed E-state index contributed by atoms with van der Waals surface area (Å²) in [5.41, 5.74) is 15.9. The number of carboxylic acids is 1. The van der Waals surface area contributed by atoms with Gasteiger partial charge in [0, 0.05) is 6.42 Å². The number of amides is 6. The molecule has 0 aromatic carbocycles. The van der Waals surface area contributed by atoms with Crippen molar-refractivity contribution in [3.63, 3.8) is 0 Å². The van der Waals surface area contributed by atoms with E-state index in [0.29, 0.717) is 12.8 Å². The number of aliphatic carboxylic acids is 1. The van der Waals surface area contributed by atoms with Gasteiger partial charge in [-0.25, -0.2) is 4.79 Å². The maximum absolute atomic E-state index is 13.2. The largest absolute Gasteiger partial charge is 0.480 e. The van der Waals surface area contributed by atoms with Gasteiger partial charge < -0.3 is 43.6 Å². The monoisotopic (exact) mass is 557 g/mol. The molecule has 0 aliphatic rings.